The lowest BCUT2D eigenvalue weighted by Crippen LogP contribution is -2.17. The summed E-state index contributed by atoms with van der Waals surface area (Å²) in [6.07, 6.45) is -5.57. The number of carboxylic acid groups (broad SMARTS) is 1. The molecule has 0 bridgehead atoms. The van der Waals surface area contributed by atoms with Crippen molar-refractivity contribution in [2.45, 2.75) is 12.6 Å². The Labute approximate surface area is 99.0 Å². The molecule has 1 rings (SSSR count). The maximum atomic E-state index is 12.3. The Morgan fingerprint density at radius 3 is 2.28 bits per heavy atom. The molecule has 0 amide bonds. The van der Waals surface area contributed by atoms with Crippen LogP contribution in [0.15, 0.2) is 24.3 Å². The van der Waals surface area contributed by atoms with Gasteiger partial charge in [-0.3, -0.25) is 9.59 Å². The second-order valence-corrected chi connectivity index (χ2v) is 3.41. The molecule has 0 aliphatic heterocycles. The lowest BCUT2D eigenvalue weighted by Gasteiger charge is -2.07. The quantitative estimate of drug-likeness (QED) is 0.510. The summed E-state index contributed by atoms with van der Waals surface area (Å²) in [6.45, 7) is 0. The number of alkyl halides is 3. The third kappa shape index (κ3) is 3.41. The van der Waals surface area contributed by atoms with Crippen LogP contribution in [0, 0.1) is 0 Å². The predicted octanol–water partition coefficient (Wildman–Crippen LogP) is 1.93. The van der Waals surface area contributed by atoms with Crippen molar-refractivity contribution in [3.8, 4) is 0 Å². The lowest BCUT2D eigenvalue weighted by atomic mass is 10.0. The monoisotopic (exact) mass is 260 g/mol. The minimum atomic E-state index is -4.60. The van der Waals surface area contributed by atoms with E-state index in [1.807, 2.05) is 0 Å². The Balaban J connectivity index is 2.94. The van der Waals surface area contributed by atoms with Crippen molar-refractivity contribution in [3.05, 3.63) is 35.4 Å². The molecule has 1 aromatic carbocycles. The number of carbonyl (C=O) groups excluding carboxylic acids is 2. The van der Waals surface area contributed by atoms with Gasteiger partial charge in [0.05, 0.1) is 12.0 Å². The van der Waals surface area contributed by atoms with Crippen LogP contribution >= 0.6 is 0 Å². The van der Waals surface area contributed by atoms with Gasteiger partial charge >= 0.3 is 12.1 Å². The molecule has 0 unspecified atom stereocenters. The number of benzene rings is 1. The highest BCUT2D eigenvalue weighted by atomic mass is 19.4. The molecule has 0 aromatic heterocycles. The first kappa shape index (κ1) is 13.9. The maximum Gasteiger partial charge on any atom is 0.416 e. The van der Waals surface area contributed by atoms with E-state index in [9.17, 15) is 27.6 Å². The van der Waals surface area contributed by atoms with Crippen molar-refractivity contribution in [1.82, 2.24) is 0 Å². The van der Waals surface area contributed by atoms with E-state index in [0.717, 1.165) is 18.2 Å². The molecule has 1 N–H and O–H groups in total. The highest BCUT2D eigenvalue weighted by molar-refractivity contribution is 6.37. The molecule has 7 heteroatoms. The van der Waals surface area contributed by atoms with Crippen LogP contribution in [0.3, 0.4) is 0 Å². The first-order chi connectivity index (χ1) is 8.21. The van der Waals surface area contributed by atoms with Gasteiger partial charge in [-0.1, -0.05) is 12.1 Å². The molecule has 18 heavy (non-hydrogen) atoms. The van der Waals surface area contributed by atoms with Gasteiger partial charge in [0, 0.05) is 5.56 Å². The Morgan fingerprint density at radius 2 is 1.78 bits per heavy atom. The molecule has 0 aliphatic rings. The molecule has 96 valence electrons. The average Bonchev–Trinajstić information content (AvgIpc) is 2.27. The van der Waals surface area contributed by atoms with Crippen LogP contribution in [0.4, 0.5) is 13.2 Å². The summed E-state index contributed by atoms with van der Waals surface area (Å²) in [7, 11) is 0. The lowest BCUT2D eigenvalue weighted by molar-refractivity contribution is -0.148. The van der Waals surface area contributed by atoms with E-state index < -0.39 is 35.7 Å². The van der Waals surface area contributed by atoms with E-state index in [-0.39, 0.29) is 5.56 Å². The van der Waals surface area contributed by atoms with Gasteiger partial charge in [-0.05, 0) is 12.1 Å². The van der Waals surface area contributed by atoms with Crippen molar-refractivity contribution in [2.24, 2.45) is 0 Å². The van der Waals surface area contributed by atoms with Gasteiger partial charge in [0.15, 0.2) is 5.78 Å². The zero-order valence-electron chi connectivity index (χ0n) is 8.82. The fourth-order valence-corrected chi connectivity index (χ4v) is 1.19. The standard InChI is InChI=1S/C11H7F3O4/c12-11(13,14)7-3-1-2-6(4-7)8(15)5-9(16)10(17)18/h1-4H,5H2,(H,17,18). The van der Waals surface area contributed by atoms with Crippen LogP contribution in [0.25, 0.3) is 0 Å². The molecule has 0 saturated carbocycles. The van der Waals surface area contributed by atoms with Crippen LogP contribution < -0.4 is 0 Å². The van der Waals surface area contributed by atoms with Gasteiger partial charge in [-0.15, -0.1) is 0 Å². The van der Waals surface area contributed by atoms with Crippen molar-refractivity contribution >= 4 is 17.5 Å². The molecule has 0 fully saturated rings. The SMILES string of the molecule is O=C(O)C(=O)CC(=O)c1cccc(C(F)(F)F)c1. The van der Waals surface area contributed by atoms with Gasteiger partial charge in [0.1, 0.15) is 0 Å². The fourth-order valence-electron chi connectivity index (χ4n) is 1.19. The molecular formula is C11H7F3O4. The van der Waals surface area contributed by atoms with Crippen LogP contribution in [0.2, 0.25) is 0 Å². The largest absolute Gasteiger partial charge is 0.475 e. The topological polar surface area (TPSA) is 71.4 Å². The summed E-state index contributed by atoms with van der Waals surface area (Å²) in [5.74, 6) is -4.12. The Morgan fingerprint density at radius 1 is 1.17 bits per heavy atom. The second-order valence-electron chi connectivity index (χ2n) is 3.41. The van der Waals surface area contributed by atoms with E-state index in [2.05, 4.69) is 0 Å². The van der Waals surface area contributed by atoms with Gasteiger partial charge in [-0.25, -0.2) is 4.79 Å². The number of carbonyl (C=O) groups is 3. The van der Waals surface area contributed by atoms with Crippen molar-refractivity contribution < 1.29 is 32.7 Å². The summed E-state index contributed by atoms with van der Waals surface area (Å²) >= 11 is 0. The van der Waals surface area contributed by atoms with E-state index in [1.165, 1.54) is 0 Å². The molecule has 0 spiro atoms. The molecule has 0 heterocycles. The molecule has 0 saturated heterocycles. The van der Waals surface area contributed by atoms with Crippen LogP contribution in [-0.4, -0.2) is 22.6 Å². The molecular weight excluding hydrogens is 253 g/mol. The minimum absolute atomic E-state index is 0.348. The Kier molecular flexibility index (Phi) is 3.85. The summed E-state index contributed by atoms with van der Waals surface area (Å²) in [6, 6.07) is 3.46. The van der Waals surface area contributed by atoms with Crippen molar-refractivity contribution in [3.63, 3.8) is 0 Å². The first-order valence-electron chi connectivity index (χ1n) is 4.68. The molecule has 0 radical (unpaired) electrons. The predicted molar refractivity (Wildman–Crippen MR) is 53.0 cm³/mol. The van der Waals surface area contributed by atoms with Crippen molar-refractivity contribution in [2.75, 3.05) is 0 Å². The van der Waals surface area contributed by atoms with Crippen LogP contribution in [0.1, 0.15) is 22.3 Å². The number of ketones is 2. The molecule has 1 aromatic rings. The third-order valence-corrected chi connectivity index (χ3v) is 2.07. The summed E-state index contributed by atoms with van der Waals surface area (Å²) < 4.78 is 37.0. The zero-order chi connectivity index (χ0) is 13.9. The zero-order valence-corrected chi connectivity index (χ0v) is 8.82. The number of halogens is 3. The highest BCUT2D eigenvalue weighted by Gasteiger charge is 2.31. The summed E-state index contributed by atoms with van der Waals surface area (Å²) in [4.78, 5) is 32.4. The number of hydrogen-bond donors (Lipinski definition) is 1. The third-order valence-electron chi connectivity index (χ3n) is 2.07. The van der Waals surface area contributed by atoms with Gasteiger partial charge in [-0.2, -0.15) is 13.2 Å². The number of hydrogen-bond acceptors (Lipinski definition) is 3. The number of rotatable bonds is 4. The number of aliphatic carboxylic acids is 1. The second kappa shape index (κ2) is 4.99. The smallest absolute Gasteiger partial charge is 0.416 e. The molecule has 4 nitrogen and oxygen atoms in total. The maximum absolute atomic E-state index is 12.3. The Hall–Kier alpha value is -2.18. The van der Waals surface area contributed by atoms with E-state index >= 15 is 0 Å². The Bertz CT molecular complexity index is 505. The van der Waals surface area contributed by atoms with Crippen LogP contribution in [0.5, 0.6) is 0 Å². The number of carboxylic acids is 1. The fraction of sp³-hybridized carbons (Fsp3) is 0.182. The van der Waals surface area contributed by atoms with Gasteiger partial charge in [0.2, 0.25) is 5.78 Å². The average molecular weight is 260 g/mol. The van der Waals surface area contributed by atoms with E-state index in [0.29, 0.717) is 6.07 Å². The van der Waals surface area contributed by atoms with Gasteiger partial charge in [0.25, 0.3) is 0 Å². The summed E-state index contributed by atoms with van der Waals surface area (Å²) in [5.41, 5.74) is -1.38. The number of Topliss-reactive ketones (excluding diaryl/α,β-unsaturated/α-hetero) is 2. The summed E-state index contributed by atoms with van der Waals surface area (Å²) in [5, 5.41) is 8.28. The van der Waals surface area contributed by atoms with Gasteiger partial charge < -0.3 is 5.11 Å². The molecule has 0 aliphatic carbocycles. The van der Waals surface area contributed by atoms with Crippen LogP contribution in [-0.2, 0) is 15.8 Å². The normalized spacial score (nSPS) is 11.1. The minimum Gasteiger partial charge on any atom is -0.475 e. The highest BCUT2D eigenvalue weighted by Crippen LogP contribution is 2.29. The van der Waals surface area contributed by atoms with E-state index in [4.69, 9.17) is 5.11 Å². The molecule has 0 atom stereocenters. The first-order valence-corrected chi connectivity index (χ1v) is 4.68. The van der Waals surface area contributed by atoms with Crippen molar-refractivity contribution in [1.29, 1.82) is 0 Å². The van der Waals surface area contributed by atoms with E-state index in [1.54, 1.807) is 0 Å².